The van der Waals surface area contributed by atoms with Crippen molar-refractivity contribution in [3.05, 3.63) is 59.4 Å². The molecule has 9 heteroatoms. The van der Waals surface area contributed by atoms with Gasteiger partial charge in [0.2, 0.25) is 11.8 Å². The summed E-state index contributed by atoms with van der Waals surface area (Å²) in [7, 11) is 2.71. The Morgan fingerprint density at radius 1 is 1.08 bits per heavy atom. The maximum absolute atomic E-state index is 14.2. The molecule has 4 aliphatic carbocycles. The van der Waals surface area contributed by atoms with Crippen LogP contribution in [0.2, 0.25) is 0 Å². The van der Waals surface area contributed by atoms with Gasteiger partial charge in [0.25, 0.3) is 0 Å². The highest BCUT2D eigenvalue weighted by molar-refractivity contribution is 5.95. The van der Waals surface area contributed by atoms with Gasteiger partial charge in [-0.05, 0) is 48.9 Å². The third kappa shape index (κ3) is 3.58. The average Bonchev–Trinajstić information content (AvgIpc) is 3.02. The van der Waals surface area contributed by atoms with Crippen molar-refractivity contribution in [2.45, 2.75) is 63.2 Å². The van der Waals surface area contributed by atoms with Crippen molar-refractivity contribution in [2.24, 2.45) is 10.8 Å². The number of benzene rings is 1. The first-order valence-corrected chi connectivity index (χ1v) is 12.2. The Labute approximate surface area is 208 Å². The number of halogens is 3. The van der Waals surface area contributed by atoms with Gasteiger partial charge in [0.05, 0.1) is 28.4 Å². The van der Waals surface area contributed by atoms with Gasteiger partial charge in [0.15, 0.2) is 6.04 Å². The van der Waals surface area contributed by atoms with Crippen molar-refractivity contribution in [1.29, 1.82) is 0 Å². The van der Waals surface area contributed by atoms with Crippen LogP contribution in [-0.4, -0.2) is 48.0 Å². The zero-order valence-electron chi connectivity index (χ0n) is 20.9. The van der Waals surface area contributed by atoms with E-state index in [9.17, 15) is 22.8 Å². The maximum atomic E-state index is 14.2. The fraction of sp³-hybridized carbons (Fsp3) is 0.519. The number of hydrogen-bond acceptors (Lipinski definition) is 4. The Morgan fingerprint density at radius 2 is 1.75 bits per heavy atom. The first-order valence-electron chi connectivity index (χ1n) is 12.2. The summed E-state index contributed by atoms with van der Waals surface area (Å²) in [6.45, 7) is 4.30. The number of anilines is 1. The highest BCUT2D eigenvalue weighted by Crippen LogP contribution is 2.74. The monoisotopic (exact) mass is 500 g/mol. The molecule has 3 saturated carbocycles. The molecule has 0 radical (unpaired) electrons. The summed E-state index contributed by atoms with van der Waals surface area (Å²) in [5.74, 6) is -0.726. The number of rotatable bonds is 6. The summed E-state index contributed by atoms with van der Waals surface area (Å²) in [4.78, 5) is 30.1. The highest BCUT2D eigenvalue weighted by atomic mass is 19.4. The van der Waals surface area contributed by atoms with E-state index < -0.39 is 29.0 Å². The second kappa shape index (κ2) is 7.95. The van der Waals surface area contributed by atoms with Crippen LogP contribution in [0.5, 0.6) is 0 Å². The highest BCUT2D eigenvalue weighted by Gasteiger charge is 2.75. The van der Waals surface area contributed by atoms with Crippen LogP contribution in [0.25, 0.3) is 0 Å². The second-order valence-corrected chi connectivity index (χ2v) is 11.3. The van der Waals surface area contributed by atoms with Gasteiger partial charge < -0.3 is 15.5 Å². The van der Waals surface area contributed by atoms with Gasteiger partial charge in [-0.15, -0.1) is 0 Å². The number of nitrogens with zero attached hydrogens (tertiary/aromatic N) is 2. The lowest BCUT2D eigenvalue weighted by Crippen LogP contribution is -2.72. The fourth-order valence-corrected chi connectivity index (χ4v) is 6.67. The van der Waals surface area contributed by atoms with Gasteiger partial charge in [-0.2, -0.15) is 13.2 Å². The number of aromatic nitrogens is 1. The maximum Gasteiger partial charge on any atom is 0.414 e. The van der Waals surface area contributed by atoms with E-state index in [1.165, 1.54) is 37.5 Å². The van der Waals surface area contributed by atoms with Crippen molar-refractivity contribution in [1.82, 2.24) is 15.2 Å². The lowest BCUT2D eigenvalue weighted by molar-refractivity contribution is -0.229. The molecule has 2 bridgehead atoms. The number of pyridine rings is 1. The molecule has 1 aromatic heterocycles. The summed E-state index contributed by atoms with van der Waals surface area (Å²) in [6.07, 6.45) is -1.58. The van der Waals surface area contributed by atoms with Gasteiger partial charge in [0, 0.05) is 25.6 Å². The number of hydrogen-bond donors (Lipinski definition) is 2. The van der Waals surface area contributed by atoms with Crippen LogP contribution in [-0.2, 0) is 21.4 Å². The summed E-state index contributed by atoms with van der Waals surface area (Å²) < 4.78 is 42.5. The standard InChI is InChI=1S/C27H31F3N4O2/c1-24(2)18-8-6-5-7-16(18)11-20(24)33-17-9-10-19(32-12-17)21(27(28,29)30)34(4)23(36)26-13-25(14-26,15-26)22(35)31-3/h5-10,12,20-21,33H,11,13-15H2,1-4H3,(H,31,35)/t20-,21?,25?,26?/m0/s1. The number of amides is 2. The Kier molecular flexibility index (Phi) is 5.43. The van der Waals surface area contributed by atoms with E-state index in [-0.39, 0.29) is 23.1 Å². The zero-order chi connectivity index (χ0) is 26.1. The minimum absolute atomic E-state index is 0.0714. The Bertz CT molecular complexity index is 1190. The number of nitrogens with one attached hydrogen (secondary N) is 2. The van der Waals surface area contributed by atoms with Crippen molar-refractivity contribution in [2.75, 3.05) is 19.4 Å². The Balaban J connectivity index is 1.31. The van der Waals surface area contributed by atoms with Gasteiger partial charge in [-0.3, -0.25) is 14.6 Å². The molecule has 2 amide bonds. The van der Waals surface area contributed by atoms with Gasteiger partial charge in [0.1, 0.15) is 0 Å². The van der Waals surface area contributed by atoms with Crippen molar-refractivity contribution < 1.29 is 22.8 Å². The Hall–Kier alpha value is -3.10. The van der Waals surface area contributed by atoms with E-state index in [1.807, 2.05) is 12.1 Å². The summed E-state index contributed by atoms with van der Waals surface area (Å²) in [6, 6.07) is 9.09. The van der Waals surface area contributed by atoms with Crippen LogP contribution in [0.3, 0.4) is 0 Å². The molecule has 0 saturated heterocycles. The van der Waals surface area contributed by atoms with E-state index in [0.717, 1.165) is 11.3 Å². The molecule has 6 rings (SSSR count). The largest absolute Gasteiger partial charge is 0.414 e. The molecule has 1 heterocycles. The van der Waals surface area contributed by atoms with Gasteiger partial charge in [-0.1, -0.05) is 38.1 Å². The lowest BCUT2D eigenvalue weighted by Gasteiger charge is -2.68. The second-order valence-electron chi connectivity index (χ2n) is 11.3. The minimum Gasteiger partial charge on any atom is -0.380 e. The molecule has 36 heavy (non-hydrogen) atoms. The summed E-state index contributed by atoms with van der Waals surface area (Å²) >= 11 is 0. The number of carbonyl (C=O) groups excluding carboxylic acids is 2. The average molecular weight is 501 g/mol. The third-order valence-electron chi connectivity index (χ3n) is 8.62. The van der Waals surface area contributed by atoms with E-state index in [0.29, 0.717) is 24.9 Å². The molecule has 3 fully saturated rings. The molecule has 0 spiro atoms. The zero-order valence-corrected chi connectivity index (χ0v) is 20.9. The van der Waals surface area contributed by atoms with E-state index in [2.05, 4.69) is 41.6 Å². The number of carbonyl (C=O) groups is 2. The number of fused-ring (bicyclic) bond motifs is 1. The van der Waals surface area contributed by atoms with Crippen LogP contribution in [0.15, 0.2) is 42.6 Å². The van der Waals surface area contributed by atoms with Crippen LogP contribution in [0.1, 0.15) is 56.0 Å². The van der Waals surface area contributed by atoms with Crippen LogP contribution in [0, 0.1) is 10.8 Å². The van der Waals surface area contributed by atoms with E-state index in [4.69, 9.17) is 0 Å². The van der Waals surface area contributed by atoms with E-state index >= 15 is 0 Å². The molecule has 192 valence electrons. The van der Waals surface area contributed by atoms with Crippen LogP contribution in [0.4, 0.5) is 18.9 Å². The molecule has 1 unspecified atom stereocenters. The van der Waals surface area contributed by atoms with Crippen molar-refractivity contribution >= 4 is 17.5 Å². The molecule has 2 atom stereocenters. The topological polar surface area (TPSA) is 74.3 Å². The summed E-state index contributed by atoms with van der Waals surface area (Å²) in [5.41, 5.74) is 1.29. The molecule has 1 aromatic carbocycles. The molecule has 0 aliphatic heterocycles. The molecular weight excluding hydrogens is 469 g/mol. The molecular formula is C27H31F3N4O2. The fourth-order valence-electron chi connectivity index (χ4n) is 6.67. The first-order chi connectivity index (χ1) is 16.8. The quantitative estimate of drug-likeness (QED) is 0.618. The van der Waals surface area contributed by atoms with Crippen molar-refractivity contribution in [3.8, 4) is 0 Å². The van der Waals surface area contributed by atoms with Gasteiger partial charge >= 0.3 is 6.18 Å². The summed E-state index contributed by atoms with van der Waals surface area (Å²) in [5, 5.41) is 6.03. The molecule has 4 aliphatic rings. The molecule has 6 nitrogen and oxygen atoms in total. The number of alkyl halides is 3. The van der Waals surface area contributed by atoms with Gasteiger partial charge in [-0.25, -0.2) is 0 Å². The lowest BCUT2D eigenvalue weighted by atomic mass is 9.34. The Morgan fingerprint density at radius 3 is 2.31 bits per heavy atom. The minimum atomic E-state index is -4.69. The molecule has 2 aromatic rings. The van der Waals surface area contributed by atoms with E-state index in [1.54, 1.807) is 6.07 Å². The third-order valence-corrected chi connectivity index (χ3v) is 8.62. The normalized spacial score (nSPS) is 28.2. The molecule has 2 N–H and O–H groups in total. The predicted octanol–water partition coefficient (Wildman–Crippen LogP) is 4.37. The predicted molar refractivity (Wildman–Crippen MR) is 129 cm³/mol. The SMILES string of the molecule is CNC(=O)C12CC(C(=O)N(C)C(c3ccc(N[C@H]4Cc5ccccc5C4(C)C)cn3)C(F)(F)F)(C1)C2. The smallest absolute Gasteiger partial charge is 0.380 e. The van der Waals surface area contributed by atoms with Crippen LogP contribution < -0.4 is 10.6 Å². The van der Waals surface area contributed by atoms with Crippen LogP contribution >= 0.6 is 0 Å². The first kappa shape index (κ1) is 24.6. The van der Waals surface area contributed by atoms with Crippen molar-refractivity contribution in [3.63, 3.8) is 0 Å².